The van der Waals surface area contributed by atoms with Crippen LogP contribution in [0.1, 0.15) is 0 Å². The minimum atomic E-state index is 0. The van der Waals surface area contributed by atoms with Gasteiger partial charge in [-0.15, -0.1) is 0 Å². The van der Waals surface area contributed by atoms with Crippen LogP contribution in [0.3, 0.4) is 0 Å². The Bertz CT molecular complexity index is 19.1. The third kappa shape index (κ3) is 199. The largest absolute Gasteiger partial charge is 2.00 e. The summed E-state index contributed by atoms with van der Waals surface area (Å²) in [6.45, 7) is 0. The first-order chi connectivity index (χ1) is 0. The normalized spacial score (nSPS) is 0. The molecular formula is Li8O6Pb-4. The van der Waals surface area contributed by atoms with Crippen LogP contribution < -0.4 is 151 Å². The quantitative estimate of drug-likeness (QED) is 0.375. The van der Waals surface area contributed by atoms with E-state index in [-0.39, 0.29) is 211 Å². The first kappa shape index (κ1) is 260. The summed E-state index contributed by atoms with van der Waals surface area (Å²) < 4.78 is 0. The molecule has 0 rings (SSSR count). The average molecular weight is 359 g/mol. The van der Waals surface area contributed by atoms with Gasteiger partial charge in [0.2, 0.25) is 0 Å². The van der Waals surface area contributed by atoms with Crippen LogP contribution in [-0.4, -0.2) is 27.3 Å². The smallest absolute Gasteiger partial charge is 1.00 e. The van der Waals surface area contributed by atoms with Crippen molar-refractivity contribution in [3.8, 4) is 0 Å². The van der Waals surface area contributed by atoms with Crippen molar-refractivity contribution in [2.75, 3.05) is 0 Å². The predicted molar refractivity (Wildman–Crippen MR) is 9.87 cm³/mol. The van der Waals surface area contributed by atoms with Gasteiger partial charge in [-0.05, 0) is 0 Å². The fourth-order valence-corrected chi connectivity index (χ4v) is 0. The van der Waals surface area contributed by atoms with Gasteiger partial charge in [0.05, 0.1) is 0 Å². The Labute approximate surface area is 207 Å². The molecule has 0 aromatic rings. The molecule has 0 spiro atoms. The molecule has 0 bridgehead atoms. The summed E-state index contributed by atoms with van der Waals surface area (Å²) in [5.74, 6) is 0. The van der Waals surface area contributed by atoms with E-state index in [1.807, 2.05) is 0 Å². The summed E-state index contributed by atoms with van der Waals surface area (Å²) in [7, 11) is 0. The molecule has 0 aliphatic heterocycles. The Kier molecular flexibility index (Phi) is 3850. The summed E-state index contributed by atoms with van der Waals surface area (Å²) in [5, 5.41) is 0. The molecular weight excluding hydrogens is 359 g/mol. The molecule has 0 saturated heterocycles. The fourth-order valence-electron chi connectivity index (χ4n) is 0. The predicted octanol–water partition coefficient (Wildman–Crippen LogP) is -25.1. The van der Waals surface area contributed by atoms with Crippen LogP contribution in [0.15, 0.2) is 0 Å². The summed E-state index contributed by atoms with van der Waals surface area (Å²) in [5.41, 5.74) is 0. The van der Waals surface area contributed by atoms with E-state index in [9.17, 15) is 0 Å². The molecule has 15 heteroatoms. The van der Waals surface area contributed by atoms with E-state index in [0.717, 1.165) is 0 Å². The minimum absolute atomic E-state index is 0. The second-order valence-corrected chi connectivity index (χ2v) is 0. The van der Waals surface area contributed by atoms with Crippen molar-refractivity contribution in [1.82, 2.24) is 0 Å². The molecule has 0 fully saturated rings. The molecule has 0 aliphatic carbocycles. The maximum absolute atomic E-state index is 0. The molecule has 52 valence electrons. The van der Waals surface area contributed by atoms with Gasteiger partial charge in [-0.1, -0.05) is 0 Å². The van der Waals surface area contributed by atoms with Gasteiger partial charge in [0, 0.05) is 27.3 Å². The Morgan fingerprint density at radius 1 is 0.200 bits per heavy atom. The van der Waals surface area contributed by atoms with Crippen molar-refractivity contribution < 1.29 is 184 Å². The summed E-state index contributed by atoms with van der Waals surface area (Å²) in [6, 6.07) is 0. The van der Waals surface area contributed by atoms with Gasteiger partial charge >= 0.3 is 151 Å². The van der Waals surface area contributed by atoms with Gasteiger partial charge in [0.25, 0.3) is 0 Å². The van der Waals surface area contributed by atoms with E-state index in [0.29, 0.717) is 0 Å². The summed E-state index contributed by atoms with van der Waals surface area (Å²) in [6.07, 6.45) is 0. The van der Waals surface area contributed by atoms with Crippen LogP contribution in [0.25, 0.3) is 0 Å². The van der Waals surface area contributed by atoms with Crippen LogP contribution in [0.2, 0.25) is 0 Å². The molecule has 0 N–H and O–H groups in total. The van der Waals surface area contributed by atoms with Gasteiger partial charge in [0.15, 0.2) is 0 Å². The third-order valence-electron chi connectivity index (χ3n) is 0. The molecule has 0 aromatic carbocycles. The minimum Gasteiger partial charge on any atom is -2.00 e. The standard InChI is InChI=1S/8Li.6O.Pb/q8*+1;6*-2;. The second-order valence-electron chi connectivity index (χ2n) is 0. The van der Waals surface area contributed by atoms with Crippen molar-refractivity contribution in [3.63, 3.8) is 0 Å². The van der Waals surface area contributed by atoms with Crippen LogP contribution in [0, 0.1) is 0 Å². The van der Waals surface area contributed by atoms with Gasteiger partial charge in [-0.2, -0.15) is 0 Å². The maximum Gasteiger partial charge on any atom is 1.00 e. The van der Waals surface area contributed by atoms with Crippen molar-refractivity contribution in [2.45, 2.75) is 0 Å². The van der Waals surface area contributed by atoms with Crippen LogP contribution >= 0.6 is 0 Å². The van der Waals surface area contributed by atoms with Gasteiger partial charge in [0.1, 0.15) is 0 Å². The molecule has 15 heavy (non-hydrogen) atoms. The fraction of sp³-hybridized carbons (Fsp3) is 0. The molecule has 0 aromatic heterocycles. The van der Waals surface area contributed by atoms with E-state index in [4.69, 9.17) is 0 Å². The third-order valence-corrected chi connectivity index (χ3v) is 0. The van der Waals surface area contributed by atoms with E-state index in [2.05, 4.69) is 0 Å². The van der Waals surface area contributed by atoms with E-state index >= 15 is 0 Å². The van der Waals surface area contributed by atoms with E-state index in [1.165, 1.54) is 0 Å². The number of rotatable bonds is 0. The van der Waals surface area contributed by atoms with Crippen molar-refractivity contribution in [2.24, 2.45) is 0 Å². The molecule has 0 unspecified atom stereocenters. The summed E-state index contributed by atoms with van der Waals surface area (Å²) in [4.78, 5) is 0. The van der Waals surface area contributed by atoms with Crippen molar-refractivity contribution in [3.05, 3.63) is 0 Å². The average Bonchev–Trinajstić information content (AvgIpc) is 0. The second kappa shape index (κ2) is 222. The molecule has 4 radical (unpaired) electrons. The first-order valence-corrected chi connectivity index (χ1v) is 0. The van der Waals surface area contributed by atoms with Gasteiger partial charge in [-0.3, -0.25) is 0 Å². The van der Waals surface area contributed by atoms with Crippen molar-refractivity contribution >= 4 is 27.3 Å². The molecule has 0 heterocycles. The molecule has 0 atom stereocenters. The Morgan fingerprint density at radius 2 is 0.200 bits per heavy atom. The zero-order chi connectivity index (χ0) is 0. The van der Waals surface area contributed by atoms with E-state index in [1.54, 1.807) is 0 Å². The molecule has 6 nitrogen and oxygen atoms in total. The van der Waals surface area contributed by atoms with Crippen LogP contribution in [-0.2, 0) is 32.9 Å². The van der Waals surface area contributed by atoms with Gasteiger partial charge in [-0.25, -0.2) is 0 Å². The molecule has 0 saturated carbocycles. The van der Waals surface area contributed by atoms with E-state index < -0.39 is 0 Å². The van der Waals surface area contributed by atoms with Crippen LogP contribution in [0.5, 0.6) is 0 Å². The number of hydrogen-bond donors (Lipinski definition) is 0. The Hall–Kier alpha value is 5.46. The zero-order valence-electron chi connectivity index (χ0n) is 10.9. The number of hydrogen-bond acceptors (Lipinski definition) is 0. The molecule has 0 aliphatic rings. The van der Waals surface area contributed by atoms with Crippen molar-refractivity contribution in [1.29, 1.82) is 0 Å². The maximum atomic E-state index is 0. The topological polar surface area (TPSA) is 171 Å². The van der Waals surface area contributed by atoms with Crippen LogP contribution in [0.4, 0.5) is 0 Å². The Balaban J connectivity index is 0. The van der Waals surface area contributed by atoms with Gasteiger partial charge < -0.3 is 32.9 Å². The monoisotopic (exact) mass is 360 g/mol. The Morgan fingerprint density at radius 3 is 0.200 bits per heavy atom. The molecule has 0 amide bonds. The SMILES string of the molecule is [Li+].[Li+].[Li+].[Li+].[Li+].[Li+].[Li+].[Li+].[O-2].[O-2].[O-2].[O-2].[O-2].[O-2].[Pb]. The zero-order valence-corrected chi connectivity index (χ0v) is 14.8. The summed E-state index contributed by atoms with van der Waals surface area (Å²) >= 11 is 0. The first-order valence-electron chi connectivity index (χ1n) is 0.